The van der Waals surface area contributed by atoms with Crippen LogP contribution in [0.3, 0.4) is 0 Å². The standard InChI is InChI=1S/C13H14ClN3OS/c1-8(15)13-17-11(7-19-13)6-12(18)16-10-4-2-9(14)3-5-10/h2-5,7-8H,6,15H2,1H3,(H,16,18). The van der Waals surface area contributed by atoms with E-state index in [0.717, 1.165) is 16.4 Å². The fourth-order valence-corrected chi connectivity index (χ4v) is 2.42. The van der Waals surface area contributed by atoms with E-state index in [9.17, 15) is 4.79 Å². The van der Waals surface area contributed by atoms with Gasteiger partial charge in [-0.15, -0.1) is 11.3 Å². The van der Waals surface area contributed by atoms with Gasteiger partial charge in [0.25, 0.3) is 0 Å². The highest BCUT2D eigenvalue weighted by atomic mass is 35.5. The fourth-order valence-electron chi connectivity index (χ4n) is 1.52. The van der Waals surface area contributed by atoms with Crippen LogP contribution in [0.5, 0.6) is 0 Å². The molecule has 19 heavy (non-hydrogen) atoms. The number of hydrogen-bond acceptors (Lipinski definition) is 4. The number of thiazole rings is 1. The Balaban J connectivity index is 1.95. The second-order valence-electron chi connectivity index (χ2n) is 4.20. The van der Waals surface area contributed by atoms with Crippen molar-refractivity contribution in [1.29, 1.82) is 0 Å². The number of nitrogens with one attached hydrogen (secondary N) is 1. The summed E-state index contributed by atoms with van der Waals surface area (Å²) >= 11 is 7.25. The first-order valence-electron chi connectivity index (χ1n) is 5.80. The molecule has 0 aliphatic rings. The Labute approximate surface area is 120 Å². The van der Waals surface area contributed by atoms with Crippen LogP contribution in [-0.2, 0) is 11.2 Å². The van der Waals surface area contributed by atoms with Gasteiger partial charge in [0.2, 0.25) is 5.91 Å². The van der Waals surface area contributed by atoms with Crippen LogP contribution in [0.4, 0.5) is 5.69 Å². The van der Waals surface area contributed by atoms with Crippen molar-refractivity contribution in [3.05, 3.63) is 45.4 Å². The summed E-state index contributed by atoms with van der Waals surface area (Å²) in [7, 11) is 0. The minimum Gasteiger partial charge on any atom is -0.326 e. The van der Waals surface area contributed by atoms with Crippen molar-refractivity contribution in [1.82, 2.24) is 4.98 Å². The van der Waals surface area contributed by atoms with Gasteiger partial charge < -0.3 is 11.1 Å². The van der Waals surface area contributed by atoms with Crippen LogP contribution in [0.1, 0.15) is 23.7 Å². The molecule has 2 rings (SSSR count). The molecule has 0 fully saturated rings. The number of carbonyl (C=O) groups is 1. The number of halogens is 1. The molecule has 0 spiro atoms. The third-order valence-electron chi connectivity index (χ3n) is 2.43. The number of aromatic nitrogens is 1. The minimum atomic E-state index is -0.108. The summed E-state index contributed by atoms with van der Waals surface area (Å²) in [5.74, 6) is -0.108. The molecule has 0 radical (unpaired) electrons. The van der Waals surface area contributed by atoms with Crippen LogP contribution in [0.25, 0.3) is 0 Å². The van der Waals surface area contributed by atoms with E-state index in [4.69, 9.17) is 17.3 Å². The van der Waals surface area contributed by atoms with Crippen molar-refractivity contribution >= 4 is 34.5 Å². The van der Waals surface area contributed by atoms with E-state index in [2.05, 4.69) is 10.3 Å². The topological polar surface area (TPSA) is 68.0 Å². The Hall–Kier alpha value is -1.43. The van der Waals surface area contributed by atoms with Gasteiger partial charge in [-0.2, -0.15) is 0 Å². The van der Waals surface area contributed by atoms with Crippen molar-refractivity contribution in [3.8, 4) is 0 Å². The lowest BCUT2D eigenvalue weighted by Gasteiger charge is -2.04. The maximum atomic E-state index is 11.8. The van der Waals surface area contributed by atoms with E-state index in [1.165, 1.54) is 11.3 Å². The summed E-state index contributed by atoms with van der Waals surface area (Å²) in [4.78, 5) is 16.2. The Morgan fingerprint density at radius 1 is 1.47 bits per heavy atom. The summed E-state index contributed by atoms with van der Waals surface area (Å²) in [5.41, 5.74) is 7.19. The smallest absolute Gasteiger partial charge is 0.230 e. The molecule has 0 saturated heterocycles. The Kier molecular flexibility index (Phi) is 4.52. The van der Waals surface area contributed by atoms with Crippen molar-refractivity contribution < 1.29 is 4.79 Å². The monoisotopic (exact) mass is 295 g/mol. The summed E-state index contributed by atoms with van der Waals surface area (Å²) in [6, 6.07) is 6.88. The molecule has 1 atom stereocenters. The van der Waals surface area contributed by atoms with Gasteiger partial charge in [0, 0.05) is 16.1 Å². The van der Waals surface area contributed by atoms with E-state index < -0.39 is 0 Å². The molecular weight excluding hydrogens is 282 g/mol. The summed E-state index contributed by atoms with van der Waals surface area (Å²) in [6.45, 7) is 1.87. The number of carbonyl (C=O) groups excluding carboxylic acids is 1. The lowest BCUT2D eigenvalue weighted by Crippen LogP contribution is -2.14. The van der Waals surface area contributed by atoms with Crippen LogP contribution in [0, 0.1) is 0 Å². The van der Waals surface area contributed by atoms with Gasteiger partial charge in [0.1, 0.15) is 5.01 Å². The lowest BCUT2D eigenvalue weighted by atomic mass is 10.3. The lowest BCUT2D eigenvalue weighted by molar-refractivity contribution is -0.115. The minimum absolute atomic E-state index is 0.0990. The quantitative estimate of drug-likeness (QED) is 0.911. The van der Waals surface area contributed by atoms with Gasteiger partial charge in [0.05, 0.1) is 18.2 Å². The second kappa shape index (κ2) is 6.14. The zero-order chi connectivity index (χ0) is 13.8. The number of nitrogens with zero attached hydrogens (tertiary/aromatic N) is 1. The van der Waals surface area contributed by atoms with Crippen LogP contribution in [0.2, 0.25) is 5.02 Å². The molecule has 0 saturated carbocycles. The number of hydrogen-bond donors (Lipinski definition) is 2. The molecule has 0 aliphatic carbocycles. The van der Waals surface area contributed by atoms with Gasteiger partial charge in [-0.25, -0.2) is 4.98 Å². The first-order chi connectivity index (χ1) is 9.04. The van der Waals surface area contributed by atoms with Crippen LogP contribution < -0.4 is 11.1 Å². The van der Waals surface area contributed by atoms with E-state index in [0.29, 0.717) is 5.02 Å². The first kappa shape index (κ1) is 14.0. The highest BCUT2D eigenvalue weighted by Crippen LogP contribution is 2.17. The molecule has 1 aromatic carbocycles. The van der Waals surface area contributed by atoms with Gasteiger partial charge >= 0.3 is 0 Å². The average Bonchev–Trinajstić information content (AvgIpc) is 2.80. The SMILES string of the molecule is CC(N)c1nc(CC(=O)Nc2ccc(Cl)cc2)cs1. The Morgan fingerprint density at radius 3 is 2.74 bits per heavy atom. The first-order valence-corrected chi connectivity index (χ1v) is 7.05. The number of rotatable bonds is 4. The molecule has 4 nitrogen and oxygen atoms in total. The average molecular weight is 296 g/mol. The van der Waals surface area contributed by atoms with Crippen molar-refractivity contribution in [2.45, 2.75) is 19.4 Å². The van der Waals surface area contributed by atoms with E-state index in [1.54, 1.807) is 24.3 Å². The van der Waals surface area contributed by atoms with Crippen LogP contribution in [0.15, 0.2) is 29.6 Å². The molecule has 1 unspecified atom stereocenters. The zero-order valence-electron chi connectivity index (χ0n) is 10.4. The highest BCUT2D eigenvalue weighted by Gasteiger charge is 2.10. The predicted octanol–water partition coefficient (Wildman–Crippen LogP) is 3.00. The van der Waals surface area contributed by atoms with Gasteiger partial charge in [-0.3, -0.25) is 4.79 Å². The van der Waals surface area contributed by atoms with Gasteiger partial charge in [0.15, 0.2) is 0 Å². The number of nitrogens with two attached hydrogens (primary N) is 1. The van der Waals surface area contributed by atoms with Crippen molar-refractivity contribution in [2.75, 3.05) is 5.32 Å². The highest BCUT2D eigenvalue weighted by molar-refractivity contribution is 7.09. The summed E-state index contributed by atoms with van der Waals surface area (Å²) < 4.78 is 0. The van der Waals surface area contributed by atoms with E-state index >= 15 is 0 Å². The van der Waals surface area contributed by atoms with Gasteiger partial charge in [-0.05, 0) is 31.2 Å². The maximum Gasteiger partial charge on any atom is 0.230 e. The van der Waals surface area contributed by atoms with E-state index in [-0.39, 0.29) is 18.4 Å². The van der Waals surface area contributed by atoms with Crippen LogP contribution >= 0.6 is 22.9 Å². The molecule has 1 aromatic heterocycles. The van der Waals surface area contributed by atoms with E-state index in [1.807, 2.05) is 12.3 Å². The zero-order valence-corrected chi connectivity index (χ0v) is 12.0. The normalized spacial score (nSPS) is 12.2. The second-order valence-corrected chi connectivity index (χ2v) is 5.52. The maximum absolute atomic E-state index is 11.8. The number of benzene rings is 1. The molecule has 0 bridgehead atoms. The Morgan fingerprint density at radius 2 is 2.16 bits per heavy atom. The fraction of sp³-hybridized carbons (Fsp3) is 0.231. The molecule has 2 aromatic rings. The largest absolute Gasteiger partial charge is 0.326 e. The molecule has 3 N–H and O–H groups in total. The van der Waals surface area contributed by atoms with Crippen LogP contribution in [-0.4, -0.2) is 10.9 Å². The molecule has 1 amide bonds. The molecular formula is C13H14ClN3OS. The van der Waals surface area contributed by atoms with Gasteiger partial charge in [-0.1, -0.05) is 11.6 Å². The van der Waals surface area contributed by atoms with Crippen molar-refractivity contribution in [2.24, 2.45) is 5.73 Å². The Bertz CT molecular complexity index is 566. The molecule has 0 aliphatic heterocycles. The molecule has 100 valence electrons. The number of anilines is 1. The molecule has 6 heteroatoms. The summed E-state index contributed by atoms with van der Waals surface area (Å²) in [6.07, 6.45) is 0.242. The third-order valence-corrected chi connectivity index (χ3v) is 3.78. The van der Waals surface area contributed by atoms with Crippen molar-refractivity contribution in [3.63, 3.8) is 0 Å². The third kappa shape index (κ3) is 4.02. The number of amides is 1. The summed E-state index contributed by atoms with van der Waals surface area (Å²) in [5, 5.41) is 6.13. The predicted molar refractivity (Wildman–Crippen MR) is 78.5 cm³/mol. The molecule has 1 heterocycles.